The van der Waals surface area contributed by atoms with E-state index in [-0.39, 0.29) is 11.6 Å². The third kappa shape index (κ3) is 4.47. The fraction of sp³-hybridized carbons (Fsp3) is 0.238. The van der Waals surface area contributed by atoms with Gasteiger partial charge in [0, 0.05) is 11.6 Å². The van der Waals surface area contributed by atoms with Gasteiger partial charge < -0.3 is 18.9 Å². The average molecular weight is 367 g/mol. The lowest BCUT2D eigenvalue weighted by Gasteiger charge is -2.07. The van der Waals surface area contributed by atoms with Gasteiger partial charge in [0.2, 0.25) is 5.90 Å². The molecule has 0 amide bonds. The van der Waals surface area contributed by atoms with Crippen LogP contribution in [0.1, 0.15) is 24.5 Å². The zero-order valence-corrected chi connectivity index (χ0v) is 15.5. The lowest BCUT2D eigenvalue weighted by Crippen LogP contribution is -2.06. The fourth-order valence-electron chi connectivity index (χ4n) is 2.50. The molecule has 1 aliphatic heterocycles. The molecule has 0 atom stereocenters. The molecule has 3 rings (SSSR count). The average Bonchev–Trinajstić information content (AvgIpc) is 3.07. The first kappa shape index (κ1) is 18.5. The molecule has 0 bridgehead atoms. The Kier molecular flexibility index (Phi) is 5.76. The first-order valence-electron chi connectivity index (χ1n) is 8.62. The molecule has 0 aliphatic carbocycles. The van der Waals surface area contributed by atoms with Crippen molar-refractivity contribution in [3.05, 3.63) is 59.3 Å². The number of carbonyl (C=O) groups is 1. The van der Waals surface area contributed by atoms with Crippen LogP contribution in [0.4, 0.5) is 0 Å². The van der Waals surface area contributed by atoms with Crippen molar-refractivity contribution in [1.82, 2.24) is 0 Å². The van der Waals surface area contributed by atoms with Crippen LogP contribution in [-0.4, -0.2) is 32.7 Å². The summed E-state index contributed by atoms with van der Waals surface area (Å²) in [5, 5.41) is 0. The molecule has 2 aromatic carbocycles. The third-order valence-electron chi connectivity index (χ3n) is 3.88. The Morgan fingerprint density at radius 2 is 1.67 bits per heavy atom. The second-order valence-electron chi connectivity index (χ2n) is 5.85. The van der Waals surface area contributed by atoms with Crippen molar-refractivity contribution in [2.45, 2.75) is 13.3 Å². The summed E-state index contributed by atoms with van der Waals surface area (Å²) in [7, 11) is 3.11. The van der Waals surface area contributed by atoms with Crippen LogP contribution < -0.4 is 14.2 Å². The topological polar surface area (TPSA) is 66.3 Å². The number of hydrogen-bond donors (Lipinski definition) is 0. The maximum absolute atomic E-state index is 12.2. The van der Waals surface area contributed by atoms with E-state index in [9.17, 15) is 4.79 Å². The predicted octanol–water partition coefficient (Wildman–Crippen LogP) is 3.84. The van der Waals surface area contributed by atoms with Crippen molar-refractivity contribution >= 4 is 17.9 Å². The number of aliphatic imine (C=N–C) groups is 1. The van der Waals surface area contributed by atoms with E-state index in [2.05, 4.69) is 11.9 Å². The maximum atomic E-state index is 12.2. The molecule has 0 unspecified atom stereocenters. The number of ether oxygens (including phenoxy) is 4. The van der Waals surface area contributed by atoms with Gasteiger partial charge in [-0.1, -0.05) is 19.1 Å². The summed E-state index contributed by atoms with van der Waals surface area (Å²) in [6, 6.07) is 12.7. The first-order valence-corrected chi connectivity index (χ1v) is 8.62. The Morgan fingerprint density at radius 1 is 1.00 bits per heavy atom. The fourth-order valence-corrected chi connectivity index (χ4v) is 2.50. The van der Waals surface area contributed by atoms with Crippen LogP contribution in [0.5, 0.6) is 17.2 Å². The van der Waals surface area contributed by atoms with Crippen LogP contribution in [0, 0.1) is 0 Å². The summed E-state index contributed by atoms with van der Waals surface area (Å²) in [5.41, 5.74) is 1.67. The molecule has 0 spiro atoms. The van der Waals surface area contributed by atoms with Gasteiger partial charge in [-0.15, -0.1) is 0 Å². The van der Waals surface area contributed by atoms with Crippen LogP contribution in [0.3, 0.4) is 0 Å². The van der Waals surface area contributed by atoms with Crippen LogP contribution in [0.25, 0.3) is 6.08 Å². The van der Waals surface area contributed by atoms with Crippen molar-refractivity contribution in [1.29, 1.82) is 0 Å². The number of benzene rings is 2. The maximum Gasteiger partial charge on any atom is 0.363 e. The second kappa shape index (κ2) is 8.40. The zero-order valence-electron chi connectivity index (χ0n) is 15.5. The molecule has 0 saturated carbocycles. The largest absolute Gasteiger partial charge is 0.497 e. The van der Waals surface area contributed by atoms with Crippen LogP contribution in [0.2, 0.25) is 0 Å². The quantitative estimate of drug-likeness (QED) is 0.549. The van der Waals surface area contributed by atoms with Crippen LogP contribution in [-0.2, 0) is 9.53 Å². The molecule has 2 aromatic rings. The smallest absolute Gasteiger partial charge is 0.363 e. The van der Waals surface area contributed by atoms with Crippen molar-refractivity contribution in [3.8, 4) is 17.2 Å². The molecule has 1 aliphatic rings. The lowest BCUT2D eigenvalue weighted by molar-refractivity contribution is -0.129. The highest BCUT2D eigenvalue weighted by Gasteiger charge is 2.25. The minimum atomic E-state index is -0.502. The Bertz CT molecular complexity index is 862. The summed E-state index contributed by atoms with van der Waals surface area (Å²) < 4.78 is 21.4. The van der Waals surface area contributed by atoms with E-state index in [1.54, 1.807) is 38.5 Å². The van der Waals surface area contributed by atoms with E-state index in [1.165, 1.54) is 0 Å². The monoisotopic (exact) mass is 367 g/mol. The standard InChI is InChI=1S/C21H21NO5/c1-4-9-26-16-7-5-14(6-8-16)10-19-21(23)27-20(22-19)15-11-17(24-2)13-18(12-15)25-3/h5-8,10-13H,4,9H2,1-3H3/b19-10-. The molecule has 0 fully saturated rings. The van der Waals surface area contributed by atoms with Crippen molar-refractivity contribution in [2.75, 3.05) is 20.8 Å². The van der Waals surface area contributed by atoms with Gasteiger partial charge in [-0.2, -0.15) is 0 Å². The molecule has 6 nitrogen and oxygen atoms in total. The first-order chi connectivity index (χ1) is 13.1. The molecule has 0 radical (unpaired) electrons. The van der Waals surface area contributed by atoms with Gasteiger partial charge in [-0.3, -0.25) is 0 Å². The molecular weight excluding hydrogens is 346 g/mol. The minimum Gasteiger partial charge on any atom is -0.497 e. The number of nitrogens with zero attached hydrogens (tertiary/aromatic N) is 1. The van der Waals surface area contributed by atoms with E-state index in [0.717, 1.165) is 17.7 Å². The normalized spacial score (nSPS) is 14.7. The SMILES string of the molecule is CCCOc1ccc(/C=C2\N=C(c3cc(OC)cc(OC)c3)OC2=O)cc1. The number of cyclic esters (lactones) is 1. The van der Waals surface area contributed by atoms with Gasteiger partial charge in [-0.05, 0) is 42.3 Å². The van der Waals surface area contributed by atoms with Gasteiger partial charge >= 0.3 is 5.97 Å². The zero-order chi connectivity index (χ0) is 19.2. The molecule has 140 valence electrons. The Hall–Kier alpha value is -3.28. The molecular formula is C21H21NO5. The number of carbonyl (C=O) groups excluding carboxylic acids is 1. The van der Waals surface area contributed by atoms with Crippen LogP contribution in [0.15, 0.2) is 53.2 Å². The van der Waals surface area contributed by atoms with E-state index >= 15 is 0 Å². The summed E-state index contributed by atoms with van der Waals surface area (Å²) in [5.74, 6) is 1.68. The summed E-state index contributed by atoms with van der Waals surface area (Å²) in [6.45, 7) is 2.72. The van der Waals surface area contributed by atoms with Gasteiger partial charge in [0.1, 0.15) is 17.2 Å². The highest BCUT2D eigenvalue weighted by atomic mass is 16.6. The van der Waals surface area contributed by atoms with E-state index in [1.807, 2.05) is 24.3 Å². The summed E-state index contributed by atoms with van der Waals surface area (Å²) in [4.78, 5) is 16.5. The third-order valence-corrected chi connectivity index (χ3v) is 3.88. The lowest BCUT2D eigenvalue weighted by atomic mass is 10.2. The van der Waals surface area contributed by atoms with E-state index in [0.29, 0.717) is 23.7 Å². The molecule has 27 heavy (non-hydrogen) atoms. The van der Waals surface area contributed by atoms with Gasteiger partial charge in [-0.25, -0.2) is 9.79 Å². The van der Waals surface area contributed by atoms with Crippen molar-refractivity contribution < 1.29 is 23.7 Å². The minimum absolute atomic E-state index is 0.214. The van der Waals surface area contributed by atoms with Gasteiger partial charge in [0.15, 0.2) is 5.70 Å². The van der Waals surface area contributed by atoms with Gasteiger partial charge in [0.05, 0.1) is 20.8 Å². The van der Waals surface area contributed by atoms with Gasteiger partial charge in [0.25, 0.3) is 0 Å². The summed E-state index contributed by atoms with van der Waals surface area (Å²) >= 11 is 0. The second-order valence-corrected chi connectivity index (χ2v) is 5.85. The van der Waals surface area contributed by atoms with Crippen molar-refractivity contribution in [3.63, 3.8) is 0 Å². The van der Waals surface area contributed by atoms with Crippen molar-refractivity contribution in [2.24, 2.45) is 4.99 Å². The highest BCUT2D eigenvalue weighted by molar-refractivity contribution is 6.13. The molecule has 6 heteroatoms. The summed E-state index contributed by atoms with van der Waals surface area (Å²) in [6.07, 6.45) is 2.63. The number of rotatable bonds is 7. The van der Waals surface area contributed by atoms with E-state index < -0.39 is 5.97 Å². The Morgan fingerprint density at radius 3 is 2.26 bits per heavy atom. The van der Waals surface area contributed by atoms with Crippen LogP contribution >= 0.6 is 0 Å². The van der Waals surface area contributed by atoms with E-state index in [4.69, 9.17) is 18.9 Å². The molecule has 1 heterocycles. The molecule has 0 saturated heterocycles. The molecule has 0 aromatic heterocycles. The number of esters is 1. The predicted molar refractivity (Wildman–Crippen MR) is 102 cm³/mol. The Balaban J connectivity index is 1.84. The highest BCUT2D eigenvalue weighted by Crippen LogP contribution is 2.26. The number of methoxy groups -OCH3 is 2. The number of hydrogen-bond acceptors (Lipinski definition) is 6. The molecule has 0 N–H and O–H groups in total. The Labute approximate surface area is 158 Å².